The van der Waals surface area contributed by atoms with E-state index in [1.807, 2.05) is 6.92 Å². The summed E-state index contributed by atoms with van der Waals surface area (Å²) in [7, 11) is 0. The van der Waals surface area contributed by atoms with Gasteiger partial charge in [0.25, 0.3) is 5.69 Å². The Balaban J connectivity index is 1.72. The molecule has 1 N–H and O–H groups in total. The van der Waals surface area contributed by atoms with Gasteiger partial charge in [-0.05, 0) is 18.6 Å². The Morgan fingerprint density at radius 3 is 2.55 bits per heavy atom. The Hall–Kier alpha value is -2.76. The van der Waals surface area contributed by atoms with Crippen LogP contribution >= 0.6 is 34.9 Å². The number of nitrogens with one attached hydrogen (secondary N) is 1. The predicted molar refractivity (Wildman–Crippen MR) is 121 cm³/mol. The van der Waals surface area contributed by atoms with Gasteiger partial charge in [0.2, 0.25) is 5.91 Å². The molecule has 160 valence electrons. The molecule has 0 saturated heterocycles. The average molecular weight is 475 g/mol. The van der Waals surface area contributed by atoms with E-state index >= 15 is 0 Å². The van der Waals surface area contributed by atoms with Crippen LogP contribution in [0.4, 0.5) is 5.69 Å². The summed E-state index contributed by atoms with van der Waals surface area (Å²) in [4.78, 5) is 35.7. The van der Waals surface area contributed by atoms with Gasteiger partial charge in [0.05, 0.1) is 15.6 Å². The quantitative estimate of drug-likeness (QED) is 0.198. The molecule has 0 radical (unpaired) electrons. The van der Waals surface area contributed by atoms with Crippen LogP contribution in [0.3, 0.4) is 0 Å². The number of aromatic nitrogens is 2. The van der Waals surface area contributed by atoms with Gasteiger partial charge >= 0.3 is 0 Å². The molecular weight excluding hydrogens is 456 g/mol. The summed E-state index contributed by atoms with van der Waals surface area (Å²) in [5, 5.41) is 22.5. The molecule has 0 atom stereocenters. The molecule has 0 saturated carbocycles. The van der Waals surface area contributed by atoms with Crippen molar-refractivity contribution in [3.63, 3.8) is 0 Å². The number of nitro groups is 1. The summed E-state index contributed by atoms with van der Waals surface area (Å²) in [5.41, 5.74) is 0.537. The molecule has 11 heteroatoms. The molecule has 0 spiro atoms. The predicted octanol–water partition coefficient (Wildman–Crippen LogP) is 4.45. The van der Waals surface area contributed by atoms with Crippen LogP contribution in [0.2, 0.25) is 0 Å². The third-order valence-electron chi connectivity index (χ3n) is 3.94. The lowest BCUT2D eigenvalue weighted by molar-refractivity contribution is -0.387. The number of nitrogens with zero attached hydrogens (tertiary/aromatic N) is 3. The Morgan fingerprint density at radius 2 is 1.84 bits per heavy atom. The van der Waals surface area contributed by atoms with E-state index in [1.165, 1.54) is 29.2 Å². The van der Waals surface area contributed by atoms with Gasteiger partial charge in [-0.1, -0.05) is 72.1 Å². The number of ketones is 1. The number of rotatable bonds is 10. The van der Waals surface area contributed by atoms with Crippen molar-refractivity contribution in [2.24, 2.45) is 0 Å². The van der Waals surface area contributed by atoms with Crippen molar-refractivity contribution >= 4 is 52.2 Å². The van der Waals surface area contributed by atoms with Gasteiger partial charge in [-0.25, -0.2) is 0 Å². The van der Waals surface area contributed by atoms with Crippen LogP contribution in [-0.4, -0.2) is 39.1 Å². The van der Waals surface area contributed by atoms with Crippen LogP contribution < -0.4 is 5.32 Å². The molecule has 3 aromatic rings. The van der Waals surface area contributed by atoms with Crippen LogP contribution in [0.15, 0.2) is 62.1 Å². The Bertz CT molecular complexity index is 1090. The van der Waals surface area contributed by atoms with Gasteiger partial charge < -0.3 is 5.32 Å². The maximum Gasteiger partial charge on any atom is 0.284 e. The number of carbonyl (C=O) groups excluding carboxylic acids is 2. The molecule has 1 amide bonds. The smallest absolute Gasteiger partial charge is 0.284 e. The number of hydrogen-bond acceptors (Lipinski definition) is 9. The van der Waals surface area contributed by atoms with Gasteiger partial charge in [0.15, 0.2) is 14.5 Å². The lowest BCUT2D eigenvalue weighted by atomic mass is 10.0. The van der Waals surface area contributed by atoms with Crippen molar-refractivity contribution in [2.75, 3.05) is 12.3 Å². The van der Waals surface area contributed by atoms with E-state index in [4.69, 9.17) is 0 Å². The normalized spacial score (nSPS) is 10.6. The van der Waals surface area contributed by atoms with Gasteiger partial charge in [-0.3, -0.25) is 19.7 Å². The molecule has 0 unspecified atom stereocenters. The van der Waals surface area contributed by atoms with Crippen molar-refractivity contribution in [1.29, 1.82) is 0 Å². The number of nitro benzene ring substituents is 1. The average Bonchev–Trinajstić information content (AvgIpc) is 3.23. The van der Waals surface area contributed by atoms with Gasteiger partial charge in [0.1, 0.15) is 0 Å². The number of thioether (sulfide) groups is 1. The number of hydrogen-bond donors (Lipinski definition) is 1. The first-order valence-corrected chi connectivity index (χ1v) is 11.9. The summed E-state index contributed by atoms with van der Waals surface area (Å²) >= 11 is 3.63. The molecule has 0 aliphatic heterocycles. The van der Waals surface area contributed by atoms with Crippen LogP contribution in [0.1, 0.15) is 29.3 Å². The number of carbonyl (C=O) groups is 2. The van der Waals surface area contributed by atoms with Crippen LogP contribution in [0.25, 0.3) is 0 Å². The van der Waals surface area contributed by atoms with E-state index in [1.54, 1.807) is 42.5 Å². The SMILES string of the molecule is CCCNC(=O)CSc1nnc(Sc2ccc(C(=O)c3ccccc3)cc2[N+](=O)[O-])s1. The summed E-state index contributed by atoms with van der Waals surface area (Å²) < 4.78 is 1.12. The largest absolute Gasteiger partial charge is 0.355 e. The van der Waals surface area contributed by atoms with E-state index in [0.29, 0.717) is 25.7 Å². The van der Waals surface area contributed by atoms with Gasteiger partial charge in [-0.15, -0.1) is 10.2 Å². The fraction of sp³-hybridized carbons (Fsp3) is 0.200. The van der Waals surface area contributed by atoms with Crippen molar-refractivity contribution < 1.29 is 14.5 Å². The zero-order chi connectivity index (χ0) is 22.2. The first-order chi connectivity index (χ1) is 15.0. The van der Waals surface area contributed by atoms with E-state index in [0.717, 1.165) is 18.2 Å². The van der Waals surface area contributed by atoms with Crippen molar-refractivity contribution in [1.82, 2.24) is 15.5 Å². The number of amides is 1. The van der Waals surface area contributed by atoms with Gasteiger partial charge in [-0.2, -0.15) is 0 Å². The molecule has 0 fully saturated rings. The highest BCUT2D eigenvalue weighted by molar-refractivity contribution is 8.03. The molecule has 8 nitrogen and oxygen atoms in total. The topological polar surface area (TPSA) is 115 Å². The van der Waals surface area contributed by atoms with E-state index < -0.39 is 4.92 Å². The molecule has 0 aliphatic carbocycles. The Kier molecular flexibility index (Phi) is 8.15. The van der Waals surface area contributed by atoms with Crippen molar-refractivity contribution in [3.05, 3.63) is 69.8 Å². The minimum absolute atomic E-state index is 0.0782. The van der Waals surface area contributed by atoms with Crippen LogP contribution in [0, 0.1) is 10.1 Å². The third-order valence-corrected chi connectivity index (χ3v) is 7.11. The third kappa shape index (κ3) is 6.36. The summed E-state index contributed by atoms with van der Waals surface area (Å²) in [6.45, 7) is 2.61. The zero-order valence-electron chi connectivity index (χ0n) is 16.4. The Labute approximate surface area is 191 Å². The first kappa shape index (κ1) is 22.9. The summed E-state index contributed by atoms with van der Waals surface area (Å²) in [5.74, 6) is -0.128. The second-order valence-corrected chi connectivity index (χ2v) is 9.70. The summed E-state index contributed by atoms with van der Waals surface area (Å²) in [6.07, 6.45) is 0.866. The van der Waals surface area contributed by atoms with E-state index in [2.05, 4.69) is 15.5 Å². The minimum atomic E-state index is -0.515. The standard InChI is InChI=1S/C20H18N4O4S3/c1-2-10-21-17(25)12-29-19-22-23-20(31-19)30-16-9-8-14(11-15(16)24(27)28)18(26)13-6-4-3-5-7-13/h3-9,11H,2,10,12H2,1H3,(H,21,25). The number of benzene rings is 2. The highest BCUT2D eigenvalue weighted by atomic mass is 32.2. The van der Waals surface area contributed by atoms with Crippen molar-refractivity contribution in [2.45, 2.75) is 26.9 Å². The maximum absolute atomic E-state index is 12.6. The molecule has 0 bridgehead atoms. The van der Waals surface area contributed by atoms with Gasteiger partial charge in [0, 0.05) is 23.7 Å². The van der Waals surface area contributed by atoms with Crippen LogP contribution in [-0.2, 0) is 4.79 Å². The fourth-order valence-electron chi connectivity index (χ4n) is 2.48. The molecule has 31 heavy (non-hydrogen) atoms. The highest BCUT2D eigenvalue weighted by Crippen LogP contribution is 2.38. The van der Waals surface area contributed by atoms with Crippen molar-refractivity contribution in [3.8, 4) is 0 Å². The molecule has 1 heterocycles. The molecule has 1 aromatic heterocycles. The second-order valence-electron chi connectivity index (χ2n) is 6.21. The maximum atomic E-state index is 12.6. The molecular formula is C20H18N4O4S3. The zero-order valence-corrected chi connectivity index (χ0v) is 18.9. The second kappa shape index (κ2) is 11.0. The molecule has 0 aliphatic rings. The van der Waals surface area contributed by atoms with E-state index in [9.17, 15) is 19.7 Å². The first-order valence-electron chi connectivity index (χ1n) is 9.27. The summed E-state index contributed by atoms with van der Waals surface area (Å²) in [6, 6.07) is 13.0. The molecule has 2 aromatic carbocycles. The monoisotopic (exact) mass is 474 g/mol. The Morgan fingerprint density at radius 1 is 1.10 bits per heavy atom. The fourth-order valence-corrected chi connectivity index (χ4v) is 5.37. The lowest BCUT2D eigenvalue weighted by Gasteiger charge is -2.04. The highest BCUT2D eigenvalue weighted by Gasteiger charge is 2.21. The lowest BCUT2D eigenvalue weighted by Crippen LogP contribution is -2.25. The minimum Gasteiger partial charge on any atom is -0.355 e. The van der Waals surface area contributed by atoms with Crippen LogP contribution in [0.5, 0.6) is 0 Å². The van der Waals surface area contributed by atoms with E-state index in [-0.39, 0.29) is 28.7 Å². The molecule has 3 rings (SSSR count).